The highest BCUT2D eigenvalue weighted by Gasteiger charge is 2.12. The molecule has 0 unspecified atom stereocenters. The number of hydrogen-bond donors (Lipinski definition) is 0. The predicted molar refractivity (Wildman–Crippen MR) is 63.8 cm³/mol. The van der Waals surface area contributed by atoms with Gasteiger partial charge in [-0.3, -0.25) is 0 Å². The second-order valence-electron chi connectivity index (χ2n) is 3.19. The monoisotopic (exact) mass is 248 g/mol. The molecule has 0 bridgehead atoms. The summed E-state index contributed by atoms with van der Waals surface area (Å²) < 4.78 is 0. The van der Waals surface area contributed by atoms with Crippen LogP contribution in [0.1, 0.15) is 6.42 Å². The van der Waals surface area contributed by atoms with Crippen LogP contribution in [-0.2, 0) is 0 Å². The Morgan fingerprint density at radius 1 is 1.08 bits per heavy atom. The number of halogens is 3. The Balaban J connectivity index is 0. The molecule has 1 aliphatic heterocycles. The Kier molecular flexibility index (Phi) is 11.7. The van der Waals surface area contributed by atoms with Crippen molar-refractivity contribution < 1.29 is 0 Å². The van der Waals surface area contributed by atoms with Crippen molar-refractivity contribution in [2.24, 2.45) is 0 Å². The Morgan fingerprint density at radius 3 is 2.08 bits per heavy atom. The predicted octanol–water partition coefficient (Wildman–Crippen LogP) is 1.71. The largest absolute Gasteiger partial charge is 0.304 e. The van der Waals surface area contributed by atoms with E-state index in [4.69, 9.17) is 11.6 Å². The Morgan fingerprint density at radius 2 is 1.62 bits per heavy atom. The maximum absolute atomic E-state index is 5.61. The maximum Gasteiger partial charge on any atom is 0.0235 e. The number of piperazine rings is 1. The van der Waals surface area contributed by atoms with Crippen molar-refractivity contribution in [2.75, 3.05) is 45.7 Å². The van der Waals surface area contributed by atoms with Gasteiger partial charge in [0.1, 0.15) is 0 Å². The van der Waals surface area contributed by atoms with Gasteiger partial charge in [0.25, 0.3) is 0 Å². The fraction of sp³-hybridized carbons (Fsp3) is 1.00. The topological polar surface area (TPSA) is 6.48 Å². The summed E-state index contributed by atoms with van der Waals surface area (Å²) in [4.78, 5) is 4.86. The third kappa shape index (κ3) is 6.81. The zero-order valence-corrected chi connectivity index (χ0v) is 10.4. The molecule has 1 heterocycles. The van der Waals surface area contributed by atoms with Crippen LogP contribution in [0.3, 0.4) is 0 Å². The first-order chi connectivity index (χ1) is 5.33. The Labute approximate surface area is 98.4 Å². The molecule has 1 aliphatic rings. The summed E-state index contributed by atoms with van der Waals surface area (Å²) in [5.74, 6) is 0.798. The van der Waals surface area contributed by atoms with Crippen molar-refractivity contribution in [3.8, 4) is 0 Å². The lowest BCUT2D eigenvalue weighted by Crippen LogP contribution is -2.44. The second kappa shape index (κ2) is 9.35. The molecule has 5 heteroatoms. The lowest BCUT2D eigenvalue weighted by atomic mass is 10.3. The van der Waals surface area contributed by atoms with E-state index in [2.05, 4.69) is 16.8 Å². The van der Waals surface area contributed by atoms with E-state index in [9.17, 15) is 0 Å². The molecule has 82 valence electrons. The SMILES string of the molecule is CN1CCN(CCCCl)CC1.Cl.Cl. The van der Waals surface area contributed by atoms with Gasteiger partial charge in [0.05, 0.1) is 0 Å². The first kappa shape index (κ1) is 16.2. The Bertz CT molecular complexity index is 103. The van der Waals surface area contributed by atoms with Crippen molar-refractivity contribution in [2.45, 2.75) is 6.42 Å². The van der Waals surface area contributed by atoms with E-state index in [-0.39, 0.29) is 24.8 Å². The number of likely N-dealkylation sites (N-methyl/N-ethyl adjacent to an activating group) is 1. The van der Waals surface area contributed by atoms with Crippen molar-refractivity contribution in [1.82, 2.24) is 9.80 Å². The zero-order chi connectivity index (χ0) is 8.10. The highest BCUT2D eigenvalue weighted by molar-refractivity contribution is 6.17. The molecule has 0 spiro atoms. The van der Waals surface area contributed by atoms with Gasteiger partial charge in [0.2, 0.25) is 0 Å². The first-order valence-corrected chi connectivity index (χ1v) is 4.83. The number of hydrogen-bond acceptors (Lipinski definition) is 2. The van der Waals surface area contributed by atoms with Crippen LogP contribution in [0.15, 0.2) is 0 Å². The molecule has 1 rings (SSSR count). The van der Waals surface area contributed by atoms with E-state index in [1.165, 1.54) is 32.7 Å². The molecule has 0 amide bonds. The van der Waals surface area contributed by atoms with Crippen molar-refractivity contribution in [1.29, 1.82) is 0 Å². The lowest BCUT2D eigenvalue weighted by molar-refractivity contribution is 0.154. The van der Waals surface area contributed by atoms with Crippen LogP contribution in [0.5, 0.6) is 0 Å². The molecule has 0 atom stereocenters. The molecule has 0 aromatic rings. The molecule has 0 saturated carbocycles. The standard InChI is InChI=1S/C8H17ClN2.2ClH/c1-10-5-7-11(8-6-10)4-2-3-9;;/h2-8H2,1H3;2*1H. The van der Waals surface area contributed by atoms with Crippen LogP contribution >= 0.6 is 36.4 Å². The van der Waals surface area contributed by atoms with E-state index in [0.717, 1.165) is 12.3 Å². The summed E-state index contributed by atoms with van der Waals surface area (Å²) in [6.45, 7) is 6.03. The highest BCUT2D eigenvalue weighted by Crippen LogP contribution is 2.00. The molecule has 0 aromatic heterocycles. The summed E-state index contributed by atoms with van der Waals surface area (Å²) in [5, 5.41) is 0. The summed E-state index contributed by atoms with van der Waals surface area (Å²) in [6.07, 6.45) is 1.13. The summed E-state index contributed by atoms with van der Waals surface area (Å²) in [6, 6.07) is 0. The summed E-state index contributed by atoms with van der Waals surface area (Å²) in [7, 11) is 2.18. The van der Waals surface area contributed by atoms with Crippen LogP contribution < -0.4 is 0 Å². The fourth-order valence-electron chi connectivity index (χ4n) is 1.35. The molecular formula is C8H19Cl3N2. The van der Waals surface area contributed by atoms with E-state index < -0.39 is 0 Å². The smallest absolute Gasteiger partial charge is 0.0235 e. The Hall–Kier alpha value is 0.790. The van der Waals surface area contributed by atoms with E-state index in [1.54, 1.807) is 0 Å². The molecule has 0 aromatic carbocycles. The van der Waals surface area contributed by atoms with Crippen LogP contribution in [0.4, 0.5) is 0 Å². The molecule has 2 nitrogen and oxygen atoms in total. The van der Waals surface area contributed by atoms with Gasteiger partial charge < -0.3 is 9.80 Å². The van der Waals surface area contributed by atoms with E-state index in [0.29, 0.717) is 0 Å². The third-order valence-corrected chi connectivity index (χ3v) is 2.47. The number of rotatable bonds is 3. The quantitative estimate of drug-likeness (QED) is 0.703. The van der Waals surface area contributed by atoms with Gasteiger partial charge >= 0.3 is 0 Å². The summed E-state index contributed by atoms with van der Waals surface area (Å²) in [5.41, 5.74) is 0. The van der Waals surface area contributed by atoms with Gasteiger partial charge in [0, 0.05) is 32.1 Å². The molecule has 0 aliphatic carbocycles. The van der Waals surface area contributed by atoms with Gasteiger partial charge in [-0.05, 0) is 20.0 Å². The number of alkyl halides is 1. The van der Waals surface area contributed by atoms with Crippen molar-refractivity contribution >= 4 is 36.4 Å². The van der Waals surface area contributed by atoms with Gasteiger partial charge in [-0.25, -0.2) is 0 Å². The zero-order valence-electron chi connectivity index (χ0n) is 8.04. The molecule has 1 fully saturated rings. The van der Waals surface area contributed by atoms with Gasteiger partial charge in [-0.15, -0.1) is 36.4 Å². The van der Waals surface area contributed by atoms with Gasteiger partial charge in [-0.2, -0.15) is 0 Å². The van der Waals surface area contributed by atoms with Crippen molar-refractivity contribution in [3.63, 3.8) is 0 Å². The van der Waals surface area contributed by atoms with Crippen LogP contribution in [0, 0.1) is 0 Å². The third-order valence-electron chi connectivity index (χ3n) is 2.20. The minimum absolute atomic E-state index is 0. The molecule has 0 N–H and O–H groups in total. The molecule has 1 saturated heterocycles. The van der Waals surface area contributed by atoms with Gasteiger partial charge in [-0.1, -0.05) is 0 Å². The van der Waals surface area contributed by atoms with E-state index >= 15 is 0 Å². The lowest BCUT2D eigenvalue weighted by Gasteiger charge is -2.32. The van der Waals surface area contributed by atoms with Crippen LogP contribution in [0.2, 0.25) is 0 Å². The molecular weight excluding hydrogens is 230 g/mol. The minimum Gasteiger partial charge on any atom is -0.304 e. The molecule has 13 heavy (non-hydrogen) atoms. The van der Waals surface area contributed by atoms with Gasteiger partial charge in [0.15, 0.2) is 0 Å². The average Bonchev–Trinajstić information content (AvgIpc) is 2.04. The summed E-state index contributed by atoms with van der Waals surface area (Å²) >= 11 is 5.61. The minimum atomic E-state index is 0. The van der Waals surface area contributed by atoms with Crippen LogP contribution in [-0.4, -0.2) is 55.5 Å². The number of nitrogens with zero attached hydrogens (tertiary/aromatic N) is 2. The highest BCUT2D eigenvalue weighted by atomic mass is 35.5. The van der Waals surface area contributed by atoms with Crippen LogP contribution in [0.25, 0.3) is 0 Å². The normalized spacial score (nSPS) is 18.9. The average molecular weight is 250 g/mol. The van der Waals surface area contributed by atoms with Crippen molar-refractivity contribution in [3.05, 3.63) is 0 Å². The maximum atomic E-state index is 5.61. The second-order valence-corrected chi connectivity index (χ2v) is 3.57. The molecule has 0 radical (unpaired) electrons. The first-order valence-electron chi connectivity index (χ1n) is 4.30. The van der Waals surface area contributed by atoms with E-state index in [1.807, 2.05) is 0 Å². The fourth-order valence-corrected chi connectivity index (χ4v) is 1.47.